The van der Waals surface area contributed by atoms with Crippen LogP contribution in [0.25, 0.3) is 0 Å². The number of rotatable bonds is 10. The minimum absolute atomic E-state index is 0.132. The van der Waals surface area contributed by atoms with Gasteiger partial charge in [0.05, 0.1) is 22.0 Å². The van der Waals surface area contributed by atoms with Crippen molar-refractivity contribution in [2.45, 2.75) is 45.4 Å². The van der Waals surface area contributed by atoms with Crippen molar-refractivity contribution in [1.29, 1.82) is 0 Å². The van der Waals surface area contributed by atoms with Gasteiger partial charge in [0.2, 0.25) is 0 Å². The number of hydrogen-bond acceptors (Lipinski definition) is 7. The molecule has 0 atom stereocenters. The second-order valence-corrected chi connectivity index (χ2v) is 5.28. The lowest BCUT2D eigenvalue weighted by Gasteiger charge is -2.06. The molecule has 0 amide bonds. The van der Waals surface area contributed by atoms with Gasteiger partial charge >= 0.3 is 17.3 Å². The van der Waals surface area contributed by atoms with E-state index in [0.717, 1.165) is 44.2 Å². The number of nitrogens with zero attached hydrogens (tertiary/aromatic N) is 2. The van der Waals surface area contributed by atoms with E-state index in [1.807, 2.05) is 0 Å². The number of ether oxygens (including phenoxy) is 1. The highest BCUT2D eigenvalue weighted by Crippen LogP contribution is 2.36. The van der Waals surface area contributed by atoms with Crippen molar-refractivity contribution in [3.8, 4) is 5.75 Å². The Bertz CT molecular complexity index is 581. The molecule has 1 aromatic carbocycles. The summed E-state index contributed by atoms with van der Waals surface area (Å²) >= 11 is 0. The maximum atomic E-state index is 11.9. The van der Waals surface area contributed by atoms with Crippen LogP contribution in [0.3, 0.4) is 0 Å². The van der Waals surface area contributed by atoms with E-state index in [9.17, 15) is 30.1 Å². The second kappa shape index (κ2) is 9.43. The second-order valence-electron chi connectivity index (χ2n) is 5.28. The Kier molecular flexibility index (Phi) is 7.60. The smallest absolute Gasteiger partial charge is 0.338 e. The third-order valence-electron chi connectivity index (χ3n) is 3.43. The molecule has 9 heteroatoms. The number of unbranched alkanes of at least 4 members (excludes halogenated alkanes) is 5. The van der Waals surface area contributed by atoms with Gasteiger partial charge in [-0.2, -0.15) is 0 Å². The number of aromatic hydroxyl groups is 1. The van der Waals surface area contributed by atoms with Crippen molar-refractivity contribution in [2.24, 2.45) is 0 Å². The number of hydrogen-bond donors (Lipinski definition) is 1. The van der Waals surface area contributed by atoms with Gasteiger partial charge in [-0.3, -0.25) is 20.2 Å². The van der Waals surface area contributed by atoms with E-state index in [0.29, 0.717) is 6.42 Å². The summed E-state index contributed by atoms with van der Waals surface area (Å²) in [6, 6.07) is 1.54. The summed E-state index contributed by atoms with van der Waals surface area (Å²) in [5.74, 6) is -1.98. The zero-order chi connectivity index (χ0) is 18.1. The average molecular weight is 340 g/mol. The molecule has 0 saturated carbocycles. The van der Waals surface area contributed by atoms with Crippen LogP contribution in [0.15, 0.2) is 12.1 Å². The van der Waals surface area contributed by atoms with Crippen molar-refractivity contribution >= 4 is 17.3 Å². The molecule has 0 aliphatic rings. The molecular weight excluding hydrogens is 320 g/mol. The van der Waals surface area contributed by atoms with Crippen LogP contribution in [0.5, 0.6) is 5.75 Å². The zero-order valence-electron chi connectivity index (χ0n) is 13.4. The molecule has 1 rings (SSSR count). The van der Waals surface area contributed by atoms with E-state index in [4.69, 9.17) is 4.74 Å². The van der Waals surface area contributed by atoms with Gasteiger partial charge < -0.3 is 9.84 Å². The van der Waals surface area contributed by atoms with Gasteiger partial charge in [0.15, 0.2) is 0 Å². The number of carbonyl (C=O) groups excluding carboxylic acids is 1. The molecule has 0 fully saturated rings. The number of nitro benzene ring substituents is 2. The Morgan fingerprint density at radius 3 is 2.04 bits per heavy atom. The number of phenols is 1. The van der Waals surface area contributed by atoms with Gasteiger partial charge in [0.25, 0.3) is 5.75 Å². The van der Waals surface area contributed by atoms with E-state index in [2.05, 4.69) is 6.92 Å². The van der Waals surface area contributed by atoms with Gasteiger partial charge in [-0.05, 0) is 6.42 Å². The van der Waals surface area contributed by atoms with Crippen LogP contribution < -0.4 is 0 Å². The molecule has 0 aromatic heterocycles. The standard InChI is InChI=1S/C15H20N2O7/c1-2-3-4-5-6-7-8-24-15(19)11-9-12(16(20)21)14(18)13(10-11)17(22)23/h9-10,18H,2-8H2,1H3. The van der Waals surface area contributed by atoms with Gasteiger partial charge in [-0.1, -0.05) is 39.0 Å². The molecule has 0 bridgehead atoms. The largest absolute Gasteiger partial charge is 0.497 e. The van der Waals surface area contributed by atoms with Crippen molar-refractivity contribution in [1.82, 2.24) is 0 Å². The van der Waals surface area contributed by atoms with Crippen LogP contribution in [0.2, 0.25) is 0 Å². The lowest BCUT2D eigenvalue weighted by atomic mass is 10.1. The Labute approximate surface area is 138 Å². The molecule has 132 valence electrons. The number of nitro groups is 2. The fourth-order valence-corrected chi connectivity index (χ4v) is 2.13. The van der Waals surface area contributed by atoms with Crippen molar-refractivity contribution in [3.05, 3.63) is 37.9 Å². The van der Waals surface area contributed by atoms with E-state index in [1.54, 1.807) is 0 Å². The lowest BCUT2D eigenvalue weighted by molar-refractivity contribution is -0.396. The van der Waals surface area contributed by atoms with Gasteiger partial charge in [-0.25, -0.2) is 4.79 Å². The summed E-state index contributed by atoms with van der Waals surface area (Å²) < 4.78 is 4.98. The first-order valence-corrected chi connectivity index (χ1v) is 7.71. The number of carbonyl (C=O) groups is 1. The molecule has 0 unspecified atom stereocenters. The minimum atomic E-state index is -1.09. The third kappa shape index (κ3) is 5.49. The highest BCUT2D eigenvalue weighted by atomic mass is 16.6. The Balaban J connectivity index is 2.70. The number of esters is 1. The van der Waals surface area contributed by atoms with E-state index >= 15 is 0 Å². The predicted molar refractivity (Wildman–Crippen MR) is 85.1 cm³/mol. The van der Waals surface area contributed by atoms with Crippen LogP contribution in [0.1, 0.15) is 55.8 Å². The lowest BCUT2D eigenvalue weighted by Crippen LogP contribution is -2.08. The summed E-state index contributed by atoms with van der Waals surface area (Å²) in [6.45, 7) is 2.24. The molecule has 9 nitrogen and oxygen atoms in total. The molecular formula is C15H20N2O7. The molecule has 0 aliphatic carbocycles. The summed E-state index contributed by atoms with van der Waals surface area (Å²) in [4.78, 5) is 31.6. The van der Waals surface area contributed by atoms with Crippen LogP contribution in [-0.4, -0.2) is 27.5 Å². The van der Waals surface area contributed by atoms with Crippen molar-refractivity contribution in [3.63, 3.8) is 0 Å². The SMILES string of the molecule is CCCCCCCCOC(=O)c1cc([N+](=O)[O-])c(O)c([N+](=O)[O-])c1. The first-order valence-electron chi connectivity index (χ1n) is 7.71. The number of benzene rings is 1. The summed E-state index contributed by atoms with van der Waals surface area (Å²) in [5.41, 5.74) is -2.15. The predicted octanol–water partition coefficient (Wildman–Crippen LogP) is 3.73. The van der Waals surface area contributed by atoms with Crippen LogP contribution in [0.4, 0.5) is 11.4 Å². The highest BCUT2D eigenvalue weighted by Gasteiger charge is 2.28. The summed E-state index contributed by atoms with van der Waals surface area (Å²) in [7, 11) is 0. The average Bonchev–Trinajstić information content (AvgIpc) is 2.53. The van der Waals surface area contributed by atoms with E-state index in [1.165, 1.54) is 0 Å². The molecule has 0 heterocycles. The van der Waals surface area contributed by atoms with Crippen LogP contribution in [0, 0.1) is 20.2 Å². The maximum absolute atomic E-state index is 11.9. The van der Waals surface area contributed by atoms with Crippen LogP contribution in [-0.2, 0) is 4.74 Å². The normalized spacial score (nSPS) is 10.4. The first kappa shape index (κ1) is 19.3. The fraction of sp³-hybridized carbons (Fsp3) is 0.533. The topological polar surface area (TPSA) is 133 Å². The molecule has 0 spiro atoms. The molecule has 0 saturated heterocycles. The van der Waals surface area contributed by atoms with Gasteiger partial charge in [-0.15, -0.1) is 0 Å². The Morgan fingerprint density at radius 1 is 1.04 bits per heavy atom. The van der Waals surface area contributed by atoms with Crippen LogP contribution >= 0.6 is 0 Å². The molecule has 1 aromatic rings. The number of phenolic OH excluding ortho intramolecular Hbond substituents is 1. The molecule has 0 radical (unpaired) electrons. The van der Waals surface area contributed by atoms with Gasteiger partial charge in [0, 0.05) is 12.1 Å². The van der Waals surface area contributed by atoms with Gasteiger partial charge in [0.1, 0.15) is 0 Å². The summed E-state index contributed by atoms with van der Waals surface area (Å²) in [6.07, 6.45) is 5.97. The van der Waals surface area contributed by atoms with Crippen molar-refractivity contribution in [2.75, 3.05) is 6.61 Å². The maximum Gasteiger partial charge on any atom is 0.338 e. The highest BCUT2D eigenvalue weighted by molar-refractivity contribution is 5.92. The van der Waals surface area contributed by atoms with E-state index < -0.39 is 32.9 Å². The summed E-state index contributed by atoms with van der Waals surface area (Å²) in [5, 5.41) is 31.2. The van der Waals surface area contributed by atoms with E-state index in [-0.39, 0.29) is 12.2 Å². The fourth-order valence-electron chi connectivity index (χ4n) is 2.13. The minimum Gasteiger partial charge on any atom is -0.497 e. The Morgan fingerprint density at radius 2 is 1.54 bits per heavy atom. The monoisotopic (exact) mass is 340 g/mol. The zero-order valence-corrected chi connectivity index (χ0v) is 13.4. The molecule has 24 heavy (non-hydrogen) atoms. The quantitative estimate of drug-likeness (QED) is 0.297. The first-order chi connectivity index (χ1) is 11.4. The van der Waals surface area contributed by atoms with Crippen molar-refractivity contribution < 1.29 is 24.5 Å². The molecule has 0 aliphatic heterocycles. The third-order valence-corrected chi connectivity index (χ3v) is 3.43. The molecule has 1 N–H and O–H groups in total. The Hall–Kier alpha value is -2.71.